The molecule has 1 aromatic carbocycles. The van der Waals surface area contributed by atoms with Crippen LogP contribution in [0.2, 0.25) is 0 Å². The Morgan fingerprint density at radius 3 is 1.85 bits per heavy atom. The molecule has 1 nitrogen and oxygen atoms in total. The van der Waals surface area contributed by atoms with Crippen molar-refractivity contribution >= 4 is 0 Å². The van der Waals surface area contributed by atoms with Gasteiger partial charge in [-0.2, -0.15) is 0 Å². The molecule has 2 fully saturated rings. The van der Waals surface area contributed by atoms with Crippen LogP contribution in [0.1, 0.15) is 129 Å². The smallest absolute Gasteiger partial charge is 0.119 e. The van der Waals surface area contributed by atoms with Crippen molar-refractivity contribution in [3.05, 3.63) is 42.0 Å². The van der Waals surface area contributed by atoms with Crippen molar-refractivity contribution in [2.24, 2.45) is 23.7 Å². The lowest BCUT2D eigenvalue weighted by Gasteiger charge is -2.28. The summed E-state index contributed by atoms with van der Waals surface area (Å²) in [4.78, 5) is 0. The second-order valence-corrected chi connectivity index (χ2v) is 11.6. The van der Waals surface area contributed by atoms with Gasteiger partial charge in [-0.25, -0.2) is 0 Å². The van der Waals surface area contributed by atoms with Gasteiger partial charge < -0.3 is 4.74 Å². The summed E-state index contributed by atoms with van der Waals surface area (Å²) in [5.41, 5.74) is 1.43. The normalized spacial score (nSPS) is 25.6. The fraction of sp³-hybridized carbons (Fsp3) is 0.758. The highest BCUT2D eigenvalue weighted by Crippen LogP contribution is 2.33. The van der Waals surface area contributed by atoms with E-state index in [0.29, 0.717) is 0 Å². The van der Waals surface area contributed by atoms with E-state index in [0.717, 1.165) is 48.9 Å². The number of rotatable bonds is 15. The van der Waals surface area contributed by atoms with Crippen LogP contribution in [0, 0.1) is 23.7 Å². The second kappa shape index (κ2) is 16.4. The molecule has 2 aliphatic carbocycles. The maximum Gasteiger partial charge on any atom is 0.119 e. The zero-order chi connectivity index (χ0) is 23.8. The van der Waals surface area contributed by atoms with Crippen molar-refractivity contribution in [1.29, 1.82) is 0 Å². The van der Waals surface area contributed by atoms with E-state index < -0.39 is 0 Å². The number of ether oxygens (including phenoxy) is 1. The summed E-state index contributed by atoms with van der Waals surface area (Å²) in [6.07, 6.45) is 30.0. The molecule has 2 saturated carbocycles. The highest BCUT2D eigenvalue weighted by molar-refractivity contribution is 5.27. The van der Waals surface area contributed by atoms with Gasteiger partial charge in [-0.3, -0.25) is 0 Å². The Labute approximate surface area is 212 Å². The molecule has 0 spiro atoms. The van der Waals surface area contributed by atoms with Crippen molar-refractivity contribution in [3.8, 4) is 5.75 Å². The molecule has 0 aliphatic heterocycles. The van der Waals surface area contributed by atoms with Crippen LogP contribution in [0.3, 0.4) is 0 Å². The lowest BCUT2D eigenvalue weighted by molar-refractivity contribution is 0.177. The van der Waals surface area contributed by atoms with Gasteiger partial charge in [0.1, 0.15) is 5.75 Å². The molecule has 0 saturated heterocycles. The fourth-order valence-electron chi connectivity index (χ4n) is 6.23. The Balaban J connectivity index is 1.25. The lowest BCUT2D eigenvalue weighted by atomic mass is 9.79. The topological polar surface area (TPSA) is 9.23 Å². The van der Waals surface area contributed by atoms with Gasteiger partial charge in [-0.1, -0.05) is 102 Å². The van der Waals surface area contributed by atoms with Crippen LogP contribution in [0.25, 0.3) is 0 Å². The molecule has 3 rings (SSSR count). The average Bonchev–Trinajstić information content (AvgIpc) is 2.88. The summed E-state index contributed by atoms with van der Waals surface area (Å²) < 4.78 is 6.16. The molecule has 0 bridgehead atoms. The molecule has 1 aromatic rings. The summed E-state index contributed by atoms with van der Waals surface area (Å²) in [5.74, 6) is 4.66. The van der Waals surface area contributed by atoms with Gasteiger partial charge in [0.2, 0.25) is 0 Å². The van der Waals surface area contributed by atoms with E-state index in [4.69, 9.17) is 4.74 Å². The number of hydrogen-bond acceptors (Lipinski definition) is 1. The molecule has 34 heavy (non-hydrogen) atoms. The van der Waals surface area contributed by atoms with E-state index in [1.54, 1.807) is 0 Å². The minimum atomic E-state index is 0.763. The van der Waals surface area contributed by atoms with Crippen LogP contribution in [-0.2, 0) is 6.42 Å². The van der Waals surface area contributed by atoms with E-state index in [9.17, 15) is 0 Å². The average molecular weight is 467 g/mol. The SMILES string of the molecule is CCCCC[C@H]1CC[C@H](C=CCCc2ccc(OC[C@H]3CC[C@H](CCCCC)CC3)cc2)CC1. The summed E-state index contributed by atoms with van der Waals surface area (Å²) in [6, 6.07) is 8.93. The molecule has 0 amide bonds. The van der Waals surface area contributed by atoms with E-state index in [1.807, 2.05) is 0 Å². The molecule has 0 heterocycles. The van der Waals surface area contributed by atoms with Crippen molar-refractivity contribution < 1.29 is 4.74 Å². The van der Waals surface area contributed by atoms with Crippen molar-refractivity contribution in [3.63, 3.8) is 0 Å². The van der Waals surface area contributed by atoms with Crippen molar-refractivity contribution in [2.75, 3.05) is 6.61 Å². The monoisotopic (exact) mass is 466 g/mol. The molecule has 0 aromatic heterocycles. The van der Waals surface area contributed by atoms with Gasteiger partial charge in [0, 0.05) is 0 Å². The van der Waals surface area contributed by atoms with E-state index in [2.05, 4.69) is 50.3 Å². The molecular formula is C33H54O. The highest BCUT2D eigenvalue weighted by Gasteiger charge is 2.21. The predicted molar refractivity (Wildman–Crippen MR) is 149 cm³/mol. The Morgan fingerprint density at radius 1 is 0.706 bits per heavy atom. The van der Waals surface area contributed by atoms with Gasteiger partial charge in [0.25, 0.3) is 0 Å². The van der Waals surface area contributed by atoms with Crippen LogP contribution in [0.4, 0.5) is 0 Å². The van der Waals surface area contributed by atoms with Crippen LogP contribution in [0.5, 0.6) is 5.75 Å². The first-order valence-corrected chi connectivity index (χ1v) is 15.1. The predicted octanol–water partition coefficient (Wildman–Crippen LogP) is 10.3. The molecule has 0 N–H and O–H groups in total. The molecule has 2 aliphatic rings. The van der Waals surface area contributed by atoms with E-state index in [1.165, 1.54) is 108 Å². The Hall–Kier alpha value is -1.24. The molecule has 0 unspecified atom stereocenters. The summed E-state index contributed by atoms with van der Waals surface area (Å²) in [7, 11) is 0. The number of unbranched alkanes of at least 4 members (excludes halogenated alkanes) is 4. The molecule has 1 heteroatoms. The largest absolute Gasteiger partial charge is 0.493 e. The van der Waals surface area contributed by atoms with Gasteiger partial charge in [0.05, 0.1) is 6.61 Å². The third-order valence-corrected chi connectivity index (χ3v) is 8.71. The molecule has 0 atom stereocenters. The molecule has 0 radical (unpaired) electrons. The Kier molecular flexibility index (Phi) is 13.2. The number of hydrogen-bond donors (Lipinski definition) is 0. The summed E-state index contributed by atoms with van der Waals surface area (Å²) in [5, 5.41) is 0. The maximum absolute atomic E-state index is 6.16. The zero-order valence-electron chi connectivity index (χ0n) is 22.6. The highest BCUT2D eigenvalue weighted by atomic mass is 16.5. The van der Waals surface area contributed by atoms with Gasteiger partial charge in [-0.15, -0.1) is 0 Å². The van der Waals surface area contributed by atoms with Gasteiger partial charge in [0.15, 0.2) is 0 Å². The van der Waals surface area contributed by atoms with Crippen molar-refractivity contribution in [2.45, 2.75) is 129 Å². The third kappa shape index (κ3) is 10.6. The van der Waals surface area contributed by atoms with Gasteiger partial charge >= 0.3 is 0 Å². The first-order chi connectivity index (χ1) is 16.8. The maximum atomic E-state index is 6.16. The molecule has 192 valence electrons. The van der Waals surface area contributed by atoms with E-state index in [-0.39, 0.29) is 0 Å². The van der Waals surface area contributed by atoms with Crippen molar-refractivity contribution in [1.82, 2.24) is 0 Å². The fourth-order valence-corrected chi connectivity index (χ4v) is 6.23. The summed E-state index contributed by atoms with van der Waals surface area (Å²) >= 11 is 0. The zero-order valence-corrected chi connectivity index (χ0v) is 22.6. The quantitative estimate of drug-likeness (QED) is 0.184. The second-order valence-electron chi connectivity index (χ2n) is 11.6. The third-order valence-electron chi connectivity index (χ3n) is 8.71. The van der Waals surface area contributed by atoms with Crippen LogP contribution < -0.4 is 4.74 Å². The van der Waals surface area contributed by atoms with Crippen LogP contribution in [0.15, 0.2) is 36.4 Å². The number of allylic oxidation sites excluding steroid dienone is 2. The standard InChI is InChI=1S/C33H54O/c1-3-5-7-11-28-15-17-30(18-16-28)13-9-10-14-31-23-25-33(26-24-31)34-27-32-21-19-29(20-22-32)12-8-6-4-2/h9,13,23-26,28-30,32H,3-8,10-12,14-22,27H2,1-2H3/t28-,29-,30-,32-. The van der Waals surface area contributed by atoms with Crippen LogP contribution >= 0.6 is 0 Å². The molecular weight excluding hydrogens is 412 g/mol. The number of aryl methyl sites for hydroxylation is 1. The first-order valence-electron chi connectivity index (χ1n) is 15.1. The van der Waals surface area contributed by atoms with Gasteiger partial charge in [-0.05, 0) is 92.7 Å². The number of benzene rings is 1. The lowest BCUT2D eigenvalue weighted by Crippen LogP contribution is -2.20. The Morgan fingerprint density at radius 2 is 1.26 bits per heavy atom. The Bertz CT molecular complexity index is 644. The minimum Gasteiger partial charge on any atom is -0.493 e. The van der Waals surface area contributed by atoms with E-state index >= 15 is 0 Å². The minimum absolute atomic E-state index is 0.763. The first kappa shape index (κ1) is 27.3. The van der Waals surface area contributed by atoms with Crippen LogP contribution in [-0.4, -0.2) is 6.61 Å². The summed E-state index contributed by atoms with van der Waals surface area (Å²) in [6.45, 7) is 5.52.